The van der Waals surface area contributed by atoms with Gasteiger partial charge in [0.05, 0.1) is 18.6 Å². The molecule has 0 aromatic carbocycles. The summed E-state index contributed by atoms with van der Waals surface area (Å²) >= 11 is 0. The zero-order valence-corrected chi connectivity index (χ0v) is 17.2. The van der Waals surface area contributed by atoms with Crippen molar-refractivity contribution in [2.75, 3.05) is 44.7 Å². The molecule has 1 fully saturated rings. The fourth-order valence-corrected chi connectivity index (χ4v) is 3.93. The standard InChI is InChI=1S/C21H30N6O/c1-4-6-17-14-18(22-7-5-8-26-9-11-28-12-10-26)27-21(24-17)19-15(2)13-16(3)23-20(19)25-27/h13-14,22H,4-12H2,1-3H3. The molecular weight excluding hydrogens is 352 g/mol. The van der Waals surface area contributed by atoms with Crippen LogP contribution in [0.15, 0.2) is 12.1 Å². The van der Waals surface area contributed by atoms with Crippen molar-refractivity contribution >= 4 is 22.5 Å². The molecule has 1 N–H and O–H groups in total. The van der Waals surface area contributed by atoms with Crippen LogP contribution >= 0.6 is 0 Å². The number of aromatic nitrogens is 4. The number of nitrogens with zero attached hydrogens (tertiary/aromatic N) is 5. The van der Waals surface area contributed by atoms with E-state index < -0.39 is 0 Å². The highest BCUT2D eigenvalue weighted by molar-refractivity contribution is 5.93. The van der Waals surface area contributed by atoms with Crippen LogP contribution < -0.4 is 5.32 Å². The number of hydrogen-bond acceptors (Lipinski definition) is 6. The minimum absolute atomic E-state index is 0.773. The predicted molar refractivity (Wildman–Crippen MR) is 112 cm³/mol. The Morgan fingerprint density at radius 2 is 1.96 bits per heavy atom. The van der Waals surface area contributed by atoms with Crippen molar-refractivity contribution in [2.45, 2.75) is 40.0 Å². The summed E-state index contributed by atoms with van der Waals surface area (Å²) < 4.78 is 7.35. The molecule has 150 valence electrons. The lowest BCUT2D eigenvalue weighted by Crippen LogP contribution is -2.37. The lowest BCUT2D eigenvalue weighted by Gasteiger charge is -2.26. The van der Waals surface area contributed by atoms with E-state index in [0.29, 0.717) is 0 Å². The van der Waals surface area contributed by atoms with Crippen LogP contribution in [0.5, 0.6) is 0 Å². The van der Waals surface area contributed by atoms with Crippen LogP contribution in [-0.4, -0.2) is 63.9 Å². The van der Waals surface area contributed by atoms with E-state index in [1.54, 1.807) is 0 Å². The number of anilines is 1. The average molecular weight is 383 g/mol. The van der Waals surface area contributed by atoms with E-state index >= 15 is 0 Å². The van der Waals surface area contributed by atoms with Gasteiger partial charge in [-0.25, -0.2) is 9.97 Å². The van der Waals surface area contributed by atoms with Crippen LogP contribution in [0.3, 0.4) is 0 Å². The molecule has 1 aliphatic heterocycles. The molecule has 7 nitrogen and oxygen atoms in total. The van der Waals surface area contributed by atoms with Crippen LogP contribution in [0.4, 0.5) is 5.82 Å². The van der Waals surface area contributed by atoms with Gasteiger partial charge in [0.25, 0.3) is 0 Å². The normalized spacial score (nSPS) is 15.5. The molecule has 1 aliphatic rings. The van der Waals surface area contributed by atoms with Crippen molar-refractivity contribution in [2.24, 2.45) is 0 Å². The molecule has 0 aliphatic carbocycles. The molecule has 4 rings (SSSR count). The first-order valence-corrected chi connectivity index (χ1v) is 10.4. The summed E-state index contributed by atoms with van der Waals surface area (Å²) in [5.74, 6) is 1.01. The topological polar surface area (TPSA) is 67.6 Å². The van der Waals surface area contributed by atoms with Gasteiger partial charge in [-0.3, -0.25) is 4.90 Å². The second-order valence-corrected chi connectivity index (χ2v) is 7.63. The van der Waals surface area contributed by atoms with Gasteiger partial charge in [-0.1, -0.05) is 13.3 Å². The zero-order chi connectivity index (χ0) is 19.5. The van der Waals surface area contributed by atoms with Crippen LogP contribution in [0.1, 0.15) is 36.7 Å². The molecule has 1 saturated heterocycles. The van der Waals surface area contributed by atoms with Gasteiger partial charge < -0.3 is 10.1 Å². The first kappa shape index (κ1) is 19.1. The SMILES string of the molecule is CCCc1cc(NCCCN2CCOCC2)n2nc3nc(C)cc(C)c3c2n1. The van der Waals surface area contributed by atoms with Gasteiger partial charge >= 0.3 is 0 Å². The van der Waals surface area contributed by atoms with Crippen molar-refractivity contribution < 1.29 is 4.74 Å². The quantitative estimate of drug-likeness (QED) is 0.634. The van der Waals surface area contributed by atoms with E-state index in [1.807, 2.05) is 11.4 Å². The number of fused-ring (bicyclic) bond motifs is 3. The third-order valence-electron chi connectivity index (χ3n) is 5.29. The molecule has 4 heterocycles. The minimum atomic E-state index is 0.773. The molecule has 28 heavy (non-hydrogen) atoms. The van der Waals surface area contributed by atoms with Crippen LogP contribution in [0.2, 0.25) is 0 Å². The Morgan fingerprint density at radius 1 is 1.14 bits per heavy atom. The average Bonchev–Trinajstić information content (AvgIpc) is 3.05. The van der Waals surface area contributed by atoms with Crippen LogP contribution in [-0.2, 0) is 11.2 Å². The number of nitrogens with one attached hydrogen (secondary N) is 1. The Kier molecular flexibility index (Phi) is 5.73. The fraction of sp³-hybridized carbons (Fsp3) is 0.571. The van der Waals surface area contributed by atoms with E-state index in [-0.39, 0.29) is 0 Å². The Labute approximate surface area is 166 Å². The largest absolute Gasteiger partial charge is 0.379 e. The van der Waals surface area contributed by atoms with Gasteiger partial charge in [-0.2, -0.15) is 4.52 Å². The highest BCUT2D eigenvalue weighted by atomic mass is 16.5. The third kappa shape index (κ3) is 3.95. The second kappa shape index (κ2) is 8.41. The lowest BCUT2D eigenvalue weighted by molar-refractivity contribution is 0.0378. The third-order valence-corrected chi connectivity index (χ3v) is 5.29. The number of rotatable bonds is 7. The molecule has 0 saturated carbocycles. The van der Waals surface area contributed by atoms with Crippen molar-refractivity contribution in [3.63, 3.8) is 0 Å². The number of pyridine rings is 1. The molecule has 0 radical (unpaired) electrons. The van der Waals surface area contributed by atoms with E-state index in [9.17, 15) is 0 Å². The van der Waals surface area contributed by atoms with Crippen molar-refractivity contribution in [3.05, 3.63) is 29.1 Å². The van der Waals surface area contributed by atoms with Gasteiger partial charge in [0.15, 0.2) is 11.3 Å². The first-order valence-electron chi connectivity index (χ1n) is 10.4. The first-order chi connectivity index (χ1) is 13.7. The Hall–Kier alpha value is -2.25. The van der Waals surface area contributed by atoms with Crippen molar-refractivity contribution in [3.8, 4) is 0 Å². The monoisotopic (exact) mass is 382 g/mol. The number of ether oxygens (including phenoxy) is 1. The molecule has 0 amide bonds. The molecule has 7 heteroatoms. The summed E-state index contributed by atoms with van der Waals surface area (Å²) in [7, 11) is 0. The van der Waals surface area contributed by atoms with Gasteiger partial charge in [-0.15, -0.1) is 5.10 Å². The summed E-state index contributed by atoms with van der Waals surface area (Å²) in [5.41, 5.74) is 4.95. The second-order valence-electron chi connectivity index (χ2n) is 7.63. The van der Waals surface area contributed by atoms with Gasteiger partial charge in [0, 0.05) is 37.1 Å². The molecule has 0 unspecified atom stereocenters. The van der Waals surface area contributed by atoms with E-state index in [2.05, 4.69) is 41.2 Å². The van der Waals surface area contributed by atoms with Crippen molar-refractivity contribution in [1.29, 1.82) is 0 Å². The van der Waals surface area contributed by atoms with Gasteiger partial charge in [-0.05, 0) is 44.9 Å². The lowest BCUT2D eigenvalue weighted by atomic mass is 10.2. The minimum Gasteiger partial charge on any atom is -0.379 e. The Morgan fingerprint density at radius 3 is 2.75 bits per heavy atom. The fourth-order valence-electron chi connectivity index (χ4n) is 3.93. The highest BCUT2D eigenvalue weighted by Crippen LogP contribution is 2.25. The summed E-state index contributed by atoms with van der Waals surface area (Å²) in [5, 5.41) is 9.41. The Bertz CT molecular complexity index is 961. The van der Waals surface area contributed by atoms with E-state index in [4.69, 9.17) is 14.8 Å². The van der Waals surface area contributed by atoms with E-state index in [0.717, 1.165) is 92.5 Å². The molecule has 0 atom stereocenters. The van der Waals surface area contributed by atoms with Crippen LogP contribution in [0.25, 0.3) is 16.7 Å². The number of aryl methyl sites for hydroxylation is 3. The van der Waals surface area contributed by atoms with Crippen LogP contribution in [0, 0.1) is 13.8 Å². The molecule has 3 aromatic heterocycles. The van der Waals surface area contributed by atoms with Gasteiger partial charge in [0.2, 0.25) is 0 Å². The van der Waals surface area contributed by atoms with E-state index in [1.165, 1.54) is 5.56 Å². The summed E-state index contributed by atoms with van der Waals surface area (Å²) in [6, 6.07) is 4.24. The number of morpholine rings is 1. The molecular formula is C21H30N6O. The smallest absolute Gasteiger partial charge is 0.184 e. The maximum atomic E-state index is 5.42. The summed E-state index contributed by atoms with van der Waals surface area (Å²) in [6.07, 6.45) is 3.12. The molecule has 0 bridgehead atoms. The predicted octanol–water partition coefficient (Wildman–Crippen LogP) is 2.98. The summed E-state index contributed by atoms with van der Waals surface area (Å²) in [6.45, 7) is 12.1. The van der Waals surface area contributed by atoms with Gasteiger partial charge in [0.1, 0.15) is 5.82 Å². The number of hydrogen-bond donors (Lipinski definition) is 1. The Balaban J connectivity index is 1.59. The highest BCUT2D eigenvalue weighted by Gasteiger charge is 2.15. The van der Waals surface area contributed by atoms with Crippen molar-refractivity contribution in [1.82, 2.24) is 24.5 Å². The molecule has 3 aromatic rings. The maximum absolute atomic E-state index is 5.42. The molecule has 0 spiro atoms. The zero-order valence-electron chi connectivity index (χ0n) is 17.2. The summed E-state index contributed by atoms with van der Waals surface area (Å²) in [4.78, 5) is 12.0. The maximum Gasteiger partial charge on any atom is 0.184 e.